The standard InChI is InChI=1S/C36H63N3O9/c1-24(23-36(6,7)48-28(5)33(45-9)27(4)40)12-10-13-25(2)32-26(3)15-16-29(47-32)22-31(41)37-30(34(42)43)14-11-21-46-35(44)39-19-17-38(8)18-20-39/h10,12-13,24,26-30,32-33,40H,11,14-23H2,1-9H3,(H,37,41)(H,42,43)/b12-10+,25-13+/t24-,26+,27-,28?,29-,30-,32-,33+/m1/s1. The number of hydrogen-bond acceptors (Lipinski definition) is 9. The summed E-state index contributed by atoms with van der Waals surface area (Å²) in [5.41, 5.74) is 0.647. The summed E-state index contributed by atoms with van der Waals surface area (Å²) in [7, 11) is 3.58. The monoisotopic (exact) mass is 681 g/mol. The van der Waals surface area contributed by atoms with Gasteiger partial charge in [-0.3, -0.25) is 4.79 Å². The number of rotatable bonds is 18. The first-order valence-corrected chi connectivity index (χ1v) is 17.5. The second kappa shape index (κ2) is 20.2. The van der Waals surface area contributed by atoms with E-state index in [0.29, 0.717) is 19.5 Å². The molecule has 2 aliphatic rings. The first kappa shape index (κ1) is 41.7. The fourth-order valence-corrected chi connectivity index (χ4v) is 6.70. The third-order valence-corrected chi connectivity index (χ3v) is 9.25. The molecule has 2 rings (SSSR count). The number of carboxylic acids is 1. The molecule has 12 heteroatoms. The number of nitrogens with zero attached hydrogens (tertiary/aromatic N) is 2. The minimum Gasteiger partial charge on any atom is -0.480 e. The number of hydrogen-bond donors (Lipinski definition) is 3. The normalized spacial score (nSPS) is 24.5. The molecule has 0 aromatic carbocycles. The van der Waals surface area contributed by atoms with Gasteiger partial charge in [0.2, 0.25) is 5.91 Å². The smallest absolute Gasteiger partial charge is 0.409 e. The number of allylic oxidation sites excluding steroid dienone is 3. The molecule has 0 bridgehead atoms. The van der Waals surface area contributed by atoms with Crippen LogP contribution in [0.25, 0.3) is 0 Å². The minimum absolute atomic E-state index is 0.0814. The van der Waals surface area contributed by atoms with E-state index in [4.69, 9.17) is 18.9 Å². The van der Waals surface area contributed by atoms with Gasteiger partial charge in [-0.1, -0.05) is 32.1 Å². The van der Waals surface area contributed by atoms with Gasteiger partial charge in [0, 0.05) is 33.3 Å². The van der Waals surface area contributed by atoms with Crippen LogP contribution in [0.3, 0.4) is 0 Å². The Morgan fingerprint density at radius 1 is 1.10 bits per heavy atom. The molecule has 2 heterocycles. The Morgan fingerprint density at radius 2 is 1.77 bits per heavy atom. The Morgan fingerprint density at radius 3 is 2.38 bits per heavy atom. The van der Waals surface area contributed by atoms with Crippen molar-refractivity contribution in [3.05, 3.63) is 23.8 Å². The number of carbonyl (C=O) groups excluding carboxylic acids is 2. The predicted molar refractivity (Wildman–Crippen MR) is 185 cm³/mol. The second-order valence-electron chi connectivity index (χ2n) is 14.4. The summed E-state index contributed by atoms with van der Waals surface area (Å²) in [6, 6.07) is -1.06. The van der Waals surface area contributed by atoms with Crippen molar-refractivity contribution in [3.63, 3.8) is 0 Å². The number of ether oxygens (including phenoxy) is 4. The van der Waals surface area contributed by atoms with Gasteiger partial charge in [0.15, 0.2) is 0 Å². The Balaban J connectivity index is 1.82. The molecule has 8 atom stereocenters. The van der Waals surface area contributed by atoms with Gasteiger partial charge in [0.05, 0.1) is 43.0 Å². The van der Waals surface area contributed by atoms with Gasteiger partial charge in [0.25, 0.3) is 0 Å². The van der Waals surface area contributed by atoms with Gasteiger partial charge in [0.1, 0.15) is 12.1 Å². The van der Waals surface area contributed by atoms with Crippen LogP contribution >= 0.6 is 0 Å². The zero-order valence-electron chi connectivity index (χ0n) is 30.8. The SMILES string of the molecule is CO[C@H](C(C)OC(C)(C)C[C@H](C)/C=C/C=C(\C)[C@H]1O[C@@H](CC(=O)N[C@H](CCCOC(=O)N2CCN(C)CC2)C(=O)O)CC[C@@H]1C)[C@@H](C)O. The summed E-state index contributed by atoms with van der Waals surface area (Å²) in [6.45, 7) is 16.9. The van der Waals surface area contributed by atoms with Crippen LogP contribution in [0.2, 0.25) is 0 Å². The van der Waals surface area contributed by atoms with Gasteiger partial charge in [-0.2, -0.15) is 0 Å². The molecule has 2 amide bonds. The van der Waals surface area contributed by atoms with Crippen molar-refractivity contribution >= 4 is 18.0 Å². The molecule has 0 radical (unpaired) electrons. The quantitative estimate of drug-likeness (QED) is 0.141. The second-order valence-corrected chi connectivity index (χ2v) is 14.4. The maximum absolute atomic E-state index is 12.9. The molecule has 276 valence electrons. The summed E-state index contributed by atoms with van der Waals surface area (Å²) in [5, 5.41) is 22.3. The van der Waals surface area contributed by atoms with Crippen LogP contribution in [0.1, 0.15) is 87.0 Å². The Kier molecular flexibility index (Phi) is 17.6. The zero-order valence-corrected chi connectivity index (χ0v) is 30.8. The molecular weight excluding hydrogens is 618 g/mol. The van der Waals surface area contributed by atoms with Crippen LogP contribution in [0.5, 0.6) is 0 Å². The highest BCUT2D eigenvalue weighted by molar-refractivity contribution is 5.83. The number of likely N-dealkylation sites (N-methyl/N-ethyl adjacent to an activating group) is 1. The lowest BCUT2D eigenvalue weighted by Gasteiger charge is -2.35. The number of aliphatic carboxylic acids is 1. The van der Waals surface area contributed by atoms with Gasteiger partial charge in [-0.15, -0.1) is 0 Å². The number of piperazine rings is 1. The number of carbonyl (C=O) groups is 3. The highest BCUT2D eigenvalue weighted by Crippen LogP contribution is 2.31. The third-order valence-electron chi connectivity index (χ3n) is 9.25. The number of aliphatic hydroxyl groups is 1. The lowest BCUT2D eigenvalue weighted by Crippen LogP contribution is -2.47. The molecule has 0 spiro atoms. The van der Waals surface area contributed by atoms with Crippen LogP contribution in [0.15, 0.2) is 23.8 Å². The Bertz CT molecular complexity index is 1070. The molecule has 0 aromatic heterocycles. The average molecular weight is 682 g/mol. The van der Waals surface area contributed by atoms with Crippen LogP contribution in [-0.4, -0.2) is 127 Å². The van der Waals surface area contributed by atoms with Gasteiger partial charge < -0.3 is 44.3 Å². The average Bonchev–Trinajstić information content (AvgIpc) is 2.99. The van der Waals surface area contributed by atoms with Crippen molar-refractivity contribution in [1.29, 1.82) is 0 Å². The van der Waals surface area contributed by atoms with Crippen LogP contribution in [-0.2, 0) is 28.5 Å². The fraction of sp³-hybridized carbons (Fsp3) is 0.806. The van der Waals surface area contributed by atoms with Crippen molar-refractivity contribution in [2.24, 2.45) is 11.8 Å². The lowest BCUT2D eigenvalue weighted by atomic mass is 9.88. The summed E-state index contributed by atoms with van der Waals surface area (Å²) in [4.78, 5) is 40.8. The summed E-state index contributed by atoms with van der Waals surface area (Å²) in [5.74, 6) is -0.970. The van der Waals surface area contributed by atoms with Crippen molar-refractivity contribution < 1.29 is 43.5 Å². The molecular formula is C36H63N3O9. The van der Waals surface area contributed by atoms with Crippen LogP contribution < -0.4 is 5.32 Å². The lowest BCUT2D eigenvalue weighted by molar-refractivity contribution is -0.149. The summed E-state index contributed by atoms with van der Waals surface area (Å²) >= 11 is 0. The number of aliphatic hydroxyl groups excluding tert-OH is 1. The molecule has 0 aliphatic carbocycles. The van der Waals surface area contributed by atoms with Crippen molar-refractivity contribution in [2.75, 3.05) is 46.9 Å². The van der Waals surface area contributed by atoms with Crippen LogP contribution in [0, 0.1) is 11.8 Å². The van der Waals surface area contributed by atoms with Gasteiger partial charge in [-0.25, -0.2) is 9.59 Å². The van der Waals surface area contributed by atoms with Gasteiger partial charge in [-0.05, 0) is 91.2 Å². The molecule has 48 heavy (non-hydrogen) atoms. The topological polar surface area (TPSA) is 147 Å². The van der Waals surface area contributed by atoms with Crippen molar-refractivity contribution in [2.45, 2.75) is 129 Å². The molecule has 0 aromatic rings. The van der Waals surface area contributed by atoms with E-state index < -0.39 is 29.8 Å². The van der Waals surface area contributed by atoms with E-state index >= 15 is 0 Å². The van der Waals surface area contributed by atoms with E-state index in [1.807, 2.05) is 40.8 Å². The summed E-state index contributed by atoms with van der Waals surface area (Å²) < 4.78 is 23.4. The molecule has 2 aliphatic heterocycles. The molecule has 0 saturated carbocycles. The fourth-order valence-electron chi connectivity index (χ4n) is 6.70. The van der Waals surface area contributed by atoms with E-state index in [1.165, 1.54) is 0 Å². The number of carboxylic acid groups (broad SMARTS) is 1. The van der Waals surface area contributed by atoms with E-state index in [1.54, 1.807) is 18.9 Å². The highest BCUT2D eigenvalue weighted by Gasteiger charge is 2.32. The number of amides is 2. The van der Waals surface area contributed by atoms with E-state index in [2.05, 4.69) is 36.2 Å². The first-order chi connectivity index (χ1) is 22.5. The molecule has 2 saturated heterocycles. The van der Waals surface area contributed by atoms with Crippen molar-refractivity contribution in [3.8, 4) is 0 Å². The van der Waals surface area contributed by atoms with Crippen LogP contribution in [0.4, 0.5) is 4.79 Å². The van der Waals surface area contributed by atoms with E-state index in [-0.39, 0.29) is 61.6 Å². The number of nitrogens with one attached hydrogen (secondary N) is 1. The highest BCUT2D eigenvalue weighted by atomic mass is 16.6. The molecule has 1 unspecified atom stereocenters. The minimum atomic E-state index is -1.12. The largest absolute Gasteiger partial charge is 0.480 e. The molecule has 2 fully saturated rings. The van der Waals surface area contributed by atoms with Crippen molar-refractivity contribution in [1.82, 2.24) is 15.1 Å². The number of methoxy groups -OCH3 is 1. The predicted octanol–water partition coefficient (Wildman–Crippen LogP) is 4.40. The maximum Gasteiger partial charge on any atom is 0.409 e. The zero-order chi connectivity index (χ0) is 36.0. The van der Waals surface area contributed by atoms with E-state index in [9.17, 15) is 24.6 Å². The molecule has 12 nitrogen and oxygen atoms in total. The third kappa shape index (κ3) is 14.5. The maximum atomic E-state index is 12.9. The summed E-state index contributed by atoms with van der Waals surface area (Å²) in [6.07, 6.45) is 7.06. The Hall–Kier alpha value is -2.51. The van der Waals surface area contributed by atoms with Gasteiger partial charge >= 0.3 is 12.1 Å². The Labute approximate surface area is 288 Å². The molecule has 3 N–H and O–H groups in total. The first-order valence-electron chi connectivity index (χ1n) is 17.5. The van der Waals surface area contributed by atoms with E-state index in [0.717, 1.165) is 37.9 Å².